The Hall–Kier alpha value is -0.860. The smallest absolute Gasteiger partial charge is 0.265 e. The van der Waals surface area contributed by atoms with Gasteiger partial charge in [-0.05, 0) is 18.2 Å². The van der Waals surface area contributed by atoms with Crippen LogP contribution in [0.3, 0.4) is 0 Å². The number of hydrogen-bond acceptors (Lipinski definition) is 5. The van der Waals surface area contributed by atoms with E-state index in [2.05, 4.69) is 0 Å². The second-order valence-corrected chi connectivity index (χ2v) is 8.62. The SMILES string of the molecule is CCS(=O)(=O)CCOc1ccc(F)cc1S(=O)(=O)Cl. The molecule has 0 spiro atoms. The molecule has 1 aromatic rings. The van der Waals surface area contributed by atoms with Crippen LogP contribution in [0.15, 0.2) is 23.1 Å². The molecule has 19 heavy (non-hydrogen) atoms. The molecule has 0 saturated carbocycles. The van der Waals surface area contributed by atoms with Gasteiger partial charge in [0.2, 0.25) is 0 Å². The highest BCUT2D eigenvalue weighted by Crippen LogP contribution is 2.27. The number of hydrogen-bond donors (Lipinski definition) is 0. The Bertz CT molecular complexity index is 654. The Morgan fingerprint density at radius 2 is 1.89 bits per heavy atom. The largest absolute Gasteiger partial charge is 0.491 e. The van der Waals surface area contributed by atoms with Crippen molar-refractivity contribution in [2.24, 2.45) is 0 Å². The van der Waals surface area contributed by atoms with Crippen LogP contribution in [0, 0.1) is 5.82 Å². The first-order chi connectivity index (χ1) is 8.65. The Labute approximate surface area is 115 Å². The molecule has 0 aliphatic rings. The minimum atomic E-state index is -4.17. The van der Waals surface area contributed by atoms with E-state index in [0.29, 0.717) is 6.07 Å². The summed E-state index contributed by atoms with van der Waals surface area (Å²) in [5.74, 6) is -1.27. The highest BCUT2D eigenvalue weighted by Gasteiger charge is 2.18. The van der Waals surface area contributed by atoms with E-state index in [4.69, 9.17) is 15.4 Å². The summed E-state index contributed by atoms with van der Waals surface area (Å²) >= 11 is 0. The summed E-state index contributed by atoms with van der Waals surface area (Å²) in [7, 11) is -2.26. The molecule has 0 bridgehead atoms. The fraction of sp³-hybridized carbons (Fsp3) is 0.400. The molecule has 0 amide bonds. The first-order valence-electron chi connectivity index (χ1n) is 5.23. The second-order valence-electron chi connectivity index (χ2n) is 3.61. The number of rotatable bonds is 6. The van der Waals surface area contributed by atoms with Crippen LogP contribution < -0.4 is 4.74 Å². The van der Waals surface area contributed by atoms with Gasteiger partial charge in [-0.15, -0.1) is 0 Å². The van der Waals surface area contributed by atoms with Crippen molar-refractivity contribution in [3.05, 3.63) is 24.0 Å². The third kappa shape index (κ3) is 4.96. The van der Waals surface area contributed by atoms with Crippen LogP contribution in [0.1, 0.15) is 6.92 Å². The van der Waals surface area contributed by atoms with E-state index in [1.165, 1.54) is 6.92 Å². The van der Waals surface area contributed by atoms with Gasteiger partial charge in [-0.3, -0.25) is 0 Å². The molecular formula is C10H12ClFO5S2. The predicted molar refractivity (Wildman–Crippen MR) is 69.3 cm³/mol. The van der Waals surface area contributed by atoms with Gasteiger partial charge in [0.15, 0.2) is 9.84 Å². The molecule has 9 heteroatoms. The van der Waals surface area contributed by atoms with E-state index in [1.54, 1.807) is 0 Å². The molecule has 0 atom stereocenters. The Balaban J connectivity index is 2.91. The van der Waals surface area contributed by atoms with Crippen molar-refractivity contribution in [3.8, 4) is 5.75 Å². The number of halogens is 2. The van der Waals surface area contributed by atoms with Gasteiger partial charge < -0.3 is 4.74 Å². The first kappa shape index (κ1) is 16.2. The summed E-state index contributed by atoms with van der Waals surface area (Å²) in [4.78, 5) is -0.525. The van der Waals surface area contributed by atoms with E-state index in [0.717, 1.165) is 12.1 Å². The topological polar surface area (TPSA) is 77.5 Å². The number of sulfone groups is 1. The molecule has 0 heterocycles. The summed E-state index contributed by atoms with van der Waals surface area (Å²) in [6, 6.07) is 2.80. The maximum atomic E-state index is 13.0. The monoisotopic (exact) mass is 330 g/mol. The zero-order valence-corrected chi connectivity index (χ0v) is 12.4. The van der Waals surface area contributed by atoms with Crippen molar-refractivity contribution in [1.82, 2.24) is 0 Å². The van der Waals surface area contributed by atoms with Gasteiger partial charge in [0.1, 0.15) is 23.1 Å². The zero-order valence-electron chi connectivity index (χ0n) is 9.97. The molecular weight excluding hydrogens is 319 g/mol. The molecule has 0 N–H and O–H groups in total. The van der Waals surface area contributed by atoms with Crippen molar-refractivity contribution in [1.29, 1.82) is 0 Å². The lowest BCUT2D eigenvalue weighted by molar-refractivity contribution is 0.331. The average molecular weight is 331 g/mol. The van der Waals surface area contributed by atoms with Crippen LogP contribution in [0.5, 0.6) is 5.75 Å². The minimum absolute atomic E-state index is 0.0412. The fourth-order valence-corrected chi connectivity index (χ4v) is 2.82. The first-order valence-corrected chi connectivity index (χ1v) is 9.36. The van der Waals surface area contributed by atoms with Crippen LogP contribution in [0.25, 0.3) is 0 Å². The predicted octanol–water partition coefficient (Wildman–Crippen LogP) is 1.57. The van der Waals surface area contributed by atoms with Crippen LogP contribution in [0.2, 0.25) is 0 Å². The Morgan fingerprint density at radius 1 is 1.26 bits per heavy atom. The van der Waals surface area contributed by atoms with Crippen molar-refractivity contribution < 1.29 is 26.0 Å². The summed E-state index contributed by atoms with van der Waals surface area (Å²) in [5, 5.41) is 0. The summed E-state index contributed by atoms with van der Waals surface area (Å²) in [6.45, 7) is 1.25. The lowest BCUT2D eigenvalue weighted by Crippen LogP contribution is -2.16. The molecule has 0 unspecified atom stereocenters. The molecule has 0 saturated heterocycles. The average Bonchev–Trinajstić information content (AvgIpc) is 2.29. The van der Waals surface area contributed by atoms with Crippen molar-refractivity contribution >= 4 is 29.6 Å². The Kier molecular flexibility index (Phi) is 5.17. The van der Waals surface area contributed by atoms with Gasteiger partial charge in [0.25, 0.3) is 9.05 Å². The third-order valence-electron chi connectivity index (χ3n) is 2.26. The van der Waals surface area contributed by atoms with Gasteiger partial charge in [0.05, 0.1) is 5.75 Å². The lowest BCUT2D eigenvalue weighted by atomic mass is 10.3. The van der Waals surface area contributed by atoms with Crippen LogP contribution >= 0.6 is 10.7 Å². The van der Waals surface area contributed by atoms with Gasteiger partial charge >= 0.3 is 0 Å². The van der Waals surface area contributed by atoms with E-state index >= 15 is 0 Å². The Morgan fingerprint density at radius 3 is 2.42 bits per heavy atom. The van der Waals surface area contributed by atoms with E-state index in [1.807, 2.05) is 0 Å². The molecule has 0 aliphatic heterocycles. The second kappa shape index (κ2) is 6.06. The van der Waals surface area contributed by atoms with Gasteiger partial charge in [-0.25, -0.2) is 21.2 Å². The molecule has 0 aromatic heterocycles. The number of benzene rings is 1. The quantitative estimate of drug-likeness (QED) is 0.740. The number of ether oxygens (including phenoxy) is 1. The van der Waals surface area contributed by atoms with Crippen LogP contribution in [-0.4, -0.2) is 34.9 Å². The maximum Gasteiger partial charge on any atom is 0.265 e. The molecule has 0 radical (unpaired) electrons. The maximum absolute atomic E-state index is 13.0. The summed E-state index contributed by atoms with van der Waals surface area (Å²) < 4.78 is 62.9. The van der Waals surface area contributed by atoms with Crippen molar-refractivity contribution in [2.75, 3.05) is 18.1 Å². The summed E-state index contributed by atoms with van der Waals surface area (Å²) in [6.07, 6.45) is 0. The normalized spacial score (nSPS) is 12.4. The molecule has 108 valence electrons. The lowest BCUT2D eigenvalue weighted by Gasteiger charge is -2.09. The fourth-order valence-electron chi connectivity index (χ4n) is 1.21. The third-order valence-corrected chi connectivity index (χ3v) is 5.27. The standard InChI is InChI=1S/C10H12ClFO5S2/c1-2-18(13,14)6-5-17-9-4-3-8(12)7-10(9)19(11,15)16/h3-4,7H,2,5-6H2,1H3. The highest BCUT2D eigenvalue weighted by molar-refractivity contribution is 8.13. The van der Waals surface area contributed by atoms with Gasteiger partial charge in [-0.2, -0.15) is 0 Å². The van der Waals surface area contributed by atoms with Crippen LogP contribution in [-0.2, 0) is 18.9 Å². The van der Waals surface area contributed by atoms with Gasteiger partial charge in [-0.1, -0.05) is 6.92 Å². The molecule has 1 rings (SSSR count). The van der Waals surface area contributed by atoms with E-state index < -0.39 is 29.6 Å². The minimum Gasteiger partial charge on any atom is -0.491 e. The van der Waals surface area contributed by atoms with E-state index in [-0.39, 0.29) is 23.9 Å². The van der Waals surface area contributed by atoms with Gasteiger partial charge in [0, 0.05) is 16.4 Å². The van der Waals surface area contributed by atoms with Crippen LogP contribution in [0.4, 0.5) is 4.39 Å². The van der Waals surface area contributed by atoms with Crippen molar-refractivity contribution in [3.63, 3.8) is 0 Å². The van der Waals surface area contributed by atoms with Crippen molar-refractivity contribution in [2.45, 2.75) is 11.8 Å². The highest BCUT2D eigenvalue weighted by atomic mass is 35.7. The van der Waals surface area contributed by atoms with E-state index in [9.17, 15) is 21.2 Å². The molecule has 0 fully saturated rings. The molecule has 0 aliphatic carbocycles. The molecule has 1 aromatic carbocycles. The molecule has 5 nitrogen and oxygen atoms in total. The summed E-state index contributed by atoms with van der Waals surface area (Å²) in [5.41, 5.74) is 0. The zero-order chi connectivity index (χ0) is 14.7.